The Bertz CT molecular complexity index is 390. The third kappa shape index (κ3) is 3.66. The number of nitrogens with one attached hydrogen (secondary N) is 1. The van der Waals surface area contributed by atoms with Crippen LogP contribution in [0.3, 0.4) is 0 Å². The largest absolute Gasteiger partial charge is 0.492 e. The molecular formula is C13H19NO3. The molecule has 0 bridgehead atoms. The van der Waals surface area contributed by atoms with Gasteiger partial charge in [0.05, 0.1) is 19.4 Å². The van der Waals surface area contributed by atoms with Crippen LogP contribution in [0.5, 0.6) is 5.75 Å². The molecule has 0 aliphatic carbocycles. The Hall–Kier alpha value is -1.71. The van der Waals surface area contributed by atoms with Crippen LogP contribution in [0.4, 0.5) is 5.69 Å². The highest BCUT2D eigenvalue weighted by Crippen LogP contribution is 2.26. The van der Waals surface area contributed by atoms with E-state index in [1.54, 1.807) is 6.92 Å². The van der Waals surface area contributed by atoms with E-state index in [1.165, 1.54) is 7.11 Å². The van der Waals surface area contributed by atoms with Gasteiger partial charge < -0.3 is 14.8 Å². The first kappa shape index (κ1) is 13.4. The lowest BCUT2D eigenvalue weighted by Gasteiger charge is -2.16. The predicted octanol–water partition coefficient (Wildman–Crippen LogP) is 2.37. The molecule has 0 aliphatic rings. The molecule has 0 saturated heterocycles. The second-order valence-corrected chi connectivity index (χ2v) is 3.82. The summed E-state index contributed by atoms with van der Waals surface area (Å²) in [5, 5.41) is 3.07. The summed E-state index contributed by atoms with van der Waals surface area (Å²) in [7, 11) is 1.37. The molecule has 1 atom stereocenters. The van der Waals surface area contributed by atoms with Crippen LogP contribution in [0.15, 0.2) is 18.2 Å². The zero-order valence-corrected chi connectivity index (χ0v) is 10.7. The van der Waals surface area contributed by atoms with E-state index in [9.17, 15) is 4.79 Å². The van der Waals surface area contributed by atoms with E-state index < -0.39 is 6.04 Å². The van der Waals surface area contributed by atoms with Crippen molar-refractivity contribution in [2.75, 3.05) is 19.0 Å². The van der Waals surface area contributed by atoms with Gasteiger partial charge in [0.2, 0.25) is 0 Å². The van der Waals surface area contributed by atoms with E-state index in [0.29, 0.717) is 6.61 Å². The van der Waals surface area contributed by atoms with Gasteiger partial charge in [0, 0.05) is 0 Å². The van der Waals surface area contributed by atoms with Crippen molar-refractivity contribution in [3.05, 3.63) is 23.8 Å². The van der Waals surface area contributed by atoms with Crippen molar-refractivity contribution in [1.82, 2.24) is 0 Å². The SMILES string of the molecule is CCOc1cc(C)ccc1NC(C)C(=O)OC. The lowest BCUT2D eigenvalue weighted by molar-refractivity contribution is -0.141. The summed E-state index contributed by atoms with van der Waals surface area (Å²) < 4.78 is 10.2. The van der Waals surface area contributed by atoms with Crippen molar-refractivity contribution < 1.29 is 14.3 Å². The van der Waals surface area contributed by atoms with Crippen molar-refractivity contribution in [2.45, 2.75) is 26.8 Å². The molecular weight excluding hydrogens is 218 g/mol. The molecule has 0 aliphatic heterocycles. The minimum Gasteiger partial charge on any atom is -0.492 e. The standard InChI is InChI=1S/C13H19NO3/c1-5-17-12-8-9(2)6-7-11(12)14-10(3)13(15)16-4/h6-8,10,14H,5H2,1-4H3. The molecule has 1 N–H and O–H groups in total. The summed E-state index contributed by atoms with van der Waals surface area (Å²) in [5.74, 6) is 0.455. The summed E-state index contributed by atoms with van der Waals surface area (Å²) in [6.45, 7) is 6.26. The van der Waals surface area contributed by atoms with Gasteiger partial charge >= 0.3 is 5.97 Å². The predicted molar refractivity (Wildman–Crippen MR) is 67.4 cm³/mol. The van der Waals surface area contributed by atoms with E-state index in [4.69, 9.17) is 4.74 Å². The van der Waals surface area contributed by atoms with Gasteiger partial charge in [-0.1, -0.05) is 6.07 Å². The van der Waals surface area contributed by atoms with Gasteiger partial charge in [0.15, 0.2) is 0 Å². The smallest absolute Gasteiger partial charge is 0.327 e. The van der Waals surface area contributed by atoms with Crippen LogP contribution in [0.1, 0.15) is 19.4 Å². The van der Waals surface area contributed by atoms with Crippen molar-refractivity contribution in [3.63, 3.8) is 0 Å². The number of esters is 1. The van der Waals surface area contributed by atoms with Crippen molar-refractivity contribution >= 4 is 11.7 Å². The Balaban J connectivity index is 2.85. The van der Waals surface area contributed by atoms with Crippen LogP contribution in [-0.4, -0.2) is 25.7 Å². The molecule has 1 unspecified atom stereocenters. The van der Waals surface area contributed by atoms with Gasteiger partial charge in [-0.15, -0.1) is 0 Å². The normalized spacial score (nSPS) is 11.8. The molecule has 94 valence electrons. The molecule has 0 aromatic heterocycles. The highest BCUT2D eigenvalue weighted by Gasteiger charge is 2.14. The fourth-order valence-electron chi connectivity index (χ4n) is 1.49. The Morgan fingerprint density at radius 1 is 1.47 bits per heavy atom. The van der Waals surface area contributed by atoms with Crippen molar-refractivity contribution in [2.24, 2.45) is 0 Å². The Kier molecular flexibility index (Phi) is 4.82. The highest BCUT2D eigenvalue weighted by atomic mass is 16.5. The van der Waals surface area contributed by atoms with Gasteiger partial charge in [-0.25, -0.2) is 4.79 Å². The number of aryl methyl sites for hydroxylation is 1. The molecule has 0 heterocycles. The fraction of sp³-hybridized carbons (Fsp3) is 0.462. The minimum atomic E-state index is -0.401. The summed E-state index contributed by atoms with van der Waals surface area (Å²) in [6.07, 6.45) is 0. The van der Waals surface area contributed by atoms with Gasteiger partial charge in [-0.2, -0.15) is 0 Å². The summed E-state index contributed by atoms with van der Waals surface area (Å²) in [5.41, 5.74) is 1.92. The zero-order chi connectivity index (χ0) is 12.8. The van der Waals surface area contributed by atoms with Gasteiger partial charge in [-0.3, -0.25) is 0 Å². The zero-order valence-electron chi connectivity index (χ0n) is 10.7. The number of ether oxygens (including phenoxy) is 2. The number of rotatable bonds is 5. The topological polar surface area (TPSA) is 47.6 Å². The third-order valence-corrected chi connectivity index (χ3v) is 2.36. The molecule has 1 rings (SSSR count). The average Bonchev–Trinajstić information content (AvgIpc) is 2.31. The number of benzene rings is 1. The molecule has 1 aromatic carbocycles. The molecule has 4 heteroatoms. The van der Waals surface area contributed by atoms with E-state index in [1.807, 2.05) is 32.0 Å². The second-order valence-electron chi connectivity index (χ2n) is 3.82. The van der Waals surface area contributed by atoms with Gasteiger partial charge in [0.1, 0.15) is 11.8 Å². The fourth-order valence-corrected chi connectivity index (χ4v) is 1.49. The average molecular weight is 237 g/mol. The summed E-state index contributed by atoms with van der Waals surface area (Å²) in [6, 6.07) is 5.41. The van der Waals surface area contributed by atoms with Crippen LogP contribution >= 0.6 is 0 Å². The first-order chi connectivity index (χ1) is 8.08. The maximum absolute atomic E-state index is 11.3. The molecule has 0 radical (unpaired) electrons. The molecule has 17 heavy (non-hydrogen) atoms. The molecule has 0 fully saturated rings. The second kappa shape index (κ2) is 6.13. The van der Waals surface area contributed by atoms with E-state index in [-0.39, 0.29) is 5.97 Å². The van der Waals surface area contributed by atoms with Gasteiger partial charge in [-0.05, 0) is 38.5 Å². The van der Waals surface area contributed by atoms with Crippen LogP contribution in [-0.2, 0) is 9.53 Å². The van der Waals surface area contributed by atoms with Crippen molar-refractivity contribution in [1.29, 1.82) is 0 Å². The number of anilines is 1. The van der Waals surface area contributed by atoms with Crippen LogP contribution < -0.4 is 10.1 Å². The van der Waals surface area contributed by atoms with E-state index in [0.717, 1.165) is 17.0 Å². The molecule has 1 aromatic rings. The highest BCUT2D eigenvalue weighted by molar-refractivity contribution is 5.79. The summed E-state index contributed by atoms with van der Waals surface area (Å²) >= 11 is 0. The van der Waals surface area contributed by atoms with Crippen LogP contribution in [0.25, 0.3) is 0 Å². The Morgan fingerprint density at radius 3 is 2.76 bits per heavy atom. The number of methoxy groups -OCH3 is 1. The molecule has 0 amide bonds. The van der Waals surface area contributed by atoms with E-state index in [2.05, 4.69) is 10.1 Å². The monoisotopic (exact) mass is 237 g/mol. The molecule has 0 saturated carbocycles. The maximum atomic E-state index is 11.3. The number of hydrogen-bond acceptors (Lipinski definition) is 4. The Morgan fingerprint density at radius 2 is 2.18 bits per heavy atom. The lowest BCUT2D eigenvalue weighted by Crippen LogP contribution is -2.27. The third-order valence-electron chi connectivity index (χ3n) is 2.36. The van der Waals surface area contributed by atoms with Crippen molar-refractivity contribution in [3.8, 4) is 5.75 Å². The van der Waals surface area contributed by atoms with E-state index >= 15 is 0 Å². The lowest BCUT2D eigenvalue weighted by atomic mass is 10.2. The molecule has 0 spiro atoms. The maximum Gasteiger partial charge on any atom is 0.327 e. The number of carbonyl (C=O) groups is 1. The van der Waals surface area contributed by atoms with Crippen LogP contribution in [0, 0.1) is 6.92 Å². The Labute approximate surface area is 102 Å². The number of carbonyl (C=O) groups excluding carboxylic acids is 1. The first-order valence-corrected chi connectivity index (χ1v) is 5.66. The minimum absolute atomic E-state index is 0.298. The number of hydrogen-bond donors (Lipinski definition) is 1. The quantitative estimate of drug-likeness (QED) is 0.799. The molecule has 4 nitrogen and oxygen atoms in total. The first-order valence-electron chi connectivity index (χ1n) is 5.66. The van der Waals surface area contributed by atoms with Gasteiger partial charge in [0.25, 0.3) is 0 Å². The summed E-state index contributed by atoms with van der Waals surface area (Å²) in [4.78, 5) is 11.3. The van der Waals surface area contributed by atoms with Crippen LogP contribution in [0.2, 0.25) is 0 Å².